The van der Waals surface area contributed by atoms with E-state index >= 15 is 0 Å². The van der Waals surface area contributed by atoms with Gasteiger partial charge < -0.3 is 9.84 Å². The number of rotatable bonds is 11. The minimum absolute atomic E-state index is 0.0289. The lowest BCUT2D eigenvalue weighted by Crippen LogP contribution is -2.20. The Kier molecular flexibility index (Phi) is 10.2. The van der Waals surface area contributed by atoms with Gasteiger partial charge in [0, 0.05) is 0 Å². The Bertz CT molecular complexity index is 261. The summed E-state index contributed by atoms with van der Waals surface area (Å²) in [6, 6.07) is 0. The van der Waals surface area contributed by atoms with Crippen LogP contribution in [-0.2, 0) is 14.3 Å². The van der Waals surface area contributed by atoms with E-state index in [2.05, 4.69) is 20.8 Å². The van der Waals surface area contributed by atoms with Gasteiger partial charge >= 0.3 is 11.9 Å². The van der Waals surface area contributed by atoms with Gasteiger partial charge in [-0.05, 0) is 25.2 Å². The van der Waals surface area contributed by atoms with Crippen LogP contribution < -0.4 is 0 Å². The Hall–Kier alpha value is -1.06. The molecule has 0 spiro atoms. The molecule has 19 heavy (non-hydrogen) atoms. The summed E-state index contributed by atoms with van der Waals surface area (Å²) in [5, 5.41) is 8.53. The van der Waals surface area contributed by atoms with Crippen molar-refractivity contribution in [2.45, 2.75) is 78.2 Å². The molecule has 0 aromatic heterocycles. The number of carbonyl (C=O) groups is 2. The molecule has 0 amide bonds. The molecule has 4 heteroatoms. The molecule has 0 radical (unpaired) electrons. The Morgan fingerprint density at radius 1 is 1.11 bits per heavy atom. The van der Waals surface area contributed by atoms with Gasteiger partial charge in [-0.1, -0.05) is 40.0 Å². The Balaban J connectivity index is 4.03. The molecular formula is C15H28O4. The molecule has 4 nitrogen and oxygen atoms in total. The maximum Gasteiger partial charge on any atom is 0.306 e. The zero-order chi connectivity index (χ0) is 14.7. The summed E-state index contributed by atoms with van der Waals surface area (Å²) >= 11 is 0. The molecule has 1 N–H and O–H groups in total. The number of ether oxygens (including phenoxy) is 1. The molecule has 0 fully saturated rings. The molecule has 0 rings (SSSR count). The Morgan fingerprint density at radius 2 is 1.79 bits per heavy atom. The lowest BCUT2D eigenvalue weighted by atomic mass is 10.0. The van der Waals surface area contributed by atoms with Gasteiger partial charge in [0.2, 0.25) is 0 Å². The lowest BCUT2D eigenvalue weighted by molar-refractivity contribution is -0.153. The third kappa shape index (κ3) is 11.7. The molecule has 0 aromatic rings. The van der Waals surface area contributed by atoms with Gasteiger partial charge in [0.25, 0.3) is 0 Å². The number of carbonyl (C=O) groups excluding carboxylic acids is 1. The highest BCUT2D eigenvalue weighted by molar-refractivity contribution is 5.76. The van der Waals surface area contributed by atoms with Crippen molar-refractivity contribution in [1.82, 2.24) is 0 Å². The van der Waals surface area contributed by atoms with Crippen LogP contribution in [0.25, 0.3) is 0 Å². The van der Waals surface area contributed by atoms with Gasteiger partial charge in [-0.15, -0.1) is 0 Å². The summed E-state index contributed by atoms with van der Waals surface area (Å²) in [5.41, 5.74) is 0. The molecule has 112 valence electrons. The van der Waals surface area contributed by atoms with Crippen molar-refractivity contribution >= 4 is 11.9 Å². The van der Waals surface area contributed by atoms with Crippen LogP contribution in [0.3, 0.4) is 0 Å². The SMILES string of the molecule is CCCCCCC(CC(C)C)OC(=O)CCC(=O)O. The maximum atomic E-state index is 11.5. The quantitative estimate of drug-likeness (QED) is 0.459. The molecule has 0 saturated heterocycles. The molecule has 0 aromatic carbocycles. The van der Waals surface area contributed by atoms with Crippen LogP contribution in [0, 0.1) is 5.92 Å². The predicted octanol–water partition coefficient (Wildman–Crippen LogP) is 3.78. The fraction of sp³-hybridized carbons (Fsp3) is 0.867. The second kappa shape index (κ2) is 10.8. The van der Waals surface area contributed by atoms with Crippen LogP contribution >= 0.6 is 0 Å². The van der Waals surface area contributed by atoms with Gasteiger partial charge in [0.15, 0.2) is 0 Å². The first-order valence-corrected chi connectivity index (χ1v) is 7.37. The Labute approximate surface area is 116 Å². The van der Waals surface area contributed by atoms with E-state index < -0.39 is 5.97 Å². The second-order valence-corrected chi connectivity index (χ2v) is 5.48. The summed E-state index contributed by atoms with van der Waals surface area (Å²) in [5.74, 6) is -0.868. The van der Waals surface area contributed by atoms with Crippen molar-refractivity contribution in [3.05, 3.63) is 0 Å². The first-order chi connectivity index (χ1) is 8.95. The number of carboxylic acid groups (broad SMARTS) is 1. The summed E-state index contributed by atoms with van der Waals surface area (Å²) in [7, 11) is 0. The van der Waals surface area contributed by atoms with Crippen molar-refractivity contribution in [3.63, 3.8) is 0 Å². The van der Waals surface area contributed by atoms with Gasteiger partial charge in [0.05, 0.1) is 12.8 Å². The highest BCUT2D eigenvalue weighted by Gasteiger charge is 2.16. The van der Waals surface area contributed by atoms with Gasteiger partial charge in [-0.2, -0.15) is 0 Å². The predicted molar refractivity (Wildman–Crippen MR) is 75.0 cm³/mol. The molecule has 0 aliphatic rings. The van der Waals surface area contributed by atoms with Crippen molar-refractivity contribution in [2.75, 3.05) is 0 Å². The summed E-state index contributed by atoms with van der Waals surface area (Å²) in [4.78, 5) is 21.9. The van der Waals surface area contributed by atoms with E-state index in [1.165, 1.54) is 12.8 Å². The third-order valence-electron chi connectivity index (χ3n) is 2.96. The molecule has 1 unspecified atom stereocenters. The van der Waals surface area contributed by atoms with Crippen LogP contribution in [-0.4, -0.2) is 23.1 Å². The van der Waals surface area contributed by atoms with E-state index in [0.717, 1.165) is 25.7 Å². The van der Waals surface area contributed by atoms with E-state index in [1.54, 1.807) is 0 Å². The third-order valence-corrected chi connectivity index (χ3v) is 2.96. The van der Waals surface area contributed by atoms with Gasteiger partial charge in [-0.3, -0.25) is 9.59 Å². The molecule has 0 aliphatic carbocycles. The fourth-order valence-corrected chi connectivity index (χ4v) is 2.00. The first-order valence-electron chi connectivity index (χ1n) is 7.37. The molecule has 0 saturated carbocycles. The fourth-order valence-electron chi connectivity index (χ4n) is 2.00. The largest absolute Gasteiger partial charge is 0.481 e. The molecule has 0 bridgehead atoms. The van der Waals surface area contributed by atoms with Crippen LogP contribution in [0.2, 0.25) is 0 Å². The molecule has 1 atom stereocenters. The number of carboxylic acids is 1. The van der Waals surface area contributed by atoms with Crippen molar-refractivity contribution in [2.24, 2.45) is 5.92 Å². The first kappa shape index (κ1) is 17.9. The highest BCUT2D eigenvalue weighted by atomic mass is 16.5. The molecule has 0 heterocycles. The van der Waals surface area contributed by atoms with E-state index in [4.69, 9.17) is 9.84 Å². The van der Waals surface area contributed by atoms with Crippen LogP contribution in [0.5, 0.6) is 0 Å². The monoisotopic (exact) mass is 272 g/mol. The zero-order valence-electron chi connectivity index (χ0n) is 12.5. The summed E-state index contributed by atoms with van der Waals surface area (Å²) in [6.07, 6.45) is 6.13. The summed E-state index contributed by atoms with van der Waals surface area (Å²) in [6.45, 7) is 6.37. The maximum absolute atomic E-state index is 11.5. The molecule has 0 aliphatic heterocycles. The molecular weight excluding hydrogens is 244 g/mol. The van der Waals surface area contributed by atoms with Gasteiger partial charge in [0.1, 0.15) is 6.10 Å². The van der Waals surface area contributed by atoms with E-state index in [0.29, 0.717) is 5.92 Å². The smallest absolute Gasteiger partial charge is 0.306 e. The number of unbranched alkanes of at least 4 members (excludes halogenated alkanes) is 3. The van der Waals surface area contributed by atoms with Crippen molar-refractivity contribution in [3.8, 4) is 0 Å². The number of aliphatic carboxylic acids is 1. The minimum Gasteiger partial charge on any atom is -0.481 e. The van der Waals surface area contributed by atoms with E-state index in [-0.39, 0.29) is 24.9 Å². The lowest BCUT2D eigenvalue weighted by Gasteiger charge is -2.19. The average molecular weight is 272 g/mol. The zero-order valence-corrected chi connectivity index (χ0v) is 12.5. The summed E-state index contributed by atoms with van der Waals surface area (Å²) < 4.78 is 5.39. The van der Waals surface area contributed by atoms with Crippen molar-refractivity contribution in [1.29, 1.82) is 0 Å². The van der Waals surface area contributed by atoms with Crippen LogP contribution in [0.1, 0.15) is 72.1 Å². The number of hydrogen-bond acceptors (Lipinski definition) is 3. The number of hydrogen-bond donors (Lipinski definition) is 1. The van der Waals surface area contributed by atoms with Crippen molar-refractivity contribution < 1.29 is 19.4 Å². The standard InChI is InChI=1S/C15H28O4/c1-4-5-6-7-8-13(11-12(2)3)19-15(18)10-9-14(16)17/h12-13H,4-11H2,1-3H3,(H,16,17). The highest BCUT2D eigenvalue weighted by Crippen LogP contribution is 2.16. The Morgan fingerprint density at radius 3 is 2.32 bits per heavy atom. The van der Waals surface area contributed by atoms with E-state index in [1.807, 2.05) is 0 Å². The minimum atomic E-state index is -0.958. The normalized spacial score (nSPS) is 12.4. The second-order valence-electron chi connectivity index (χ2n) is 5.48. The number of esters is 1. The van der Waals surface area contributed by atoms with Crippen LogP contribution in [0.15, 0.2) is 0 Å². The average Bonchev–Trinajstić information content (AvgIpc) is 2.31. The van der Waals surface area contributed by atoms with Gasteiger partial charge in [-0.25, -0.2) is 0 Å². The topological polar surface area (TPSA) is 63.6 Å². The van der Waals surface area contributed by atoms with Crippen LogP contribution in [0.4, 0.5) is 0 Å². The van der Waals surface area contributed by atoms with E-state index in [9.17, 15) is 9.59 Å².